The molecule has 2 aromatic carbocycles. The van der Waals surface area contributed by atoms with Crippen molar-refractivity contribution in [3.05, 3.63) is 76.6 Å². The zero-order valence-electron chi connectivity index (χ0n) is 19.2. The molecule has 0 saturated carbocycles. The molecule has 1 aliphatic carbocycles. The van der Waals surface area contributed by atoms with Gasteiger partial charge in [-0.1, -0.05) is 18.2 Å². The molecule has 0 aliphatic heterocycles. The Labute approximate surface area is 197 Å². The average Bonchev–Trinajstić information content (AvgIpc) is 3.17. The summed E-state index contributed by atoms with van der Waals surface area (Å²) in [5.41, 5.74) is 10.7. The van der Waals surface area contributed by atoms with Crippen molar-refractivity contribution in [3.8, 4) is 11.7 Å². The average molecular weight is 458 g/mol. The third-order valence-electron chi connectivity index (χ3n) is 6.38. The first kappa shape index (κ1) is 21.9. The normalized spacial score (nSPS) is 15.3. The number of hydrogen-bond acceptors (Lipinski definition) is 6. The van der Waals surface area contributed by atoms with Crippen molar-refractivity contribution in [1.82, 2.24) is 14.5 Å². The fourth-order valence-corrected chi connectivity index (χ4v) is 4.77. The highest BCUT2D eigenvalue weighted by Crippen LogP contribution is 2.36. The minimum atomic E-state index is -0.470. The van der Waals surface area contributed by atoms with Gasteiger partial charge in [0.1, 0.15) is 11.6 Å². The van der Waals surface area contributed by atoms with E-state index in [1.165, 1.54) is 0 Å². The summed E-state index contributed by atoms with van der Waals surface area (Å²) in [5.74, 6) is 1.01. The van der Waals surface area contributed by atoms with E-state index in [9.17, 15) is 9.90 Å². The van der Waals surface area contributed by atoms with Gasteiger partial charge in [0.25, 0.3) is 0 Å². The number of ether oxygens (including phenoxy) is 1. The number of anilines is 1. The number of hydrogen-bond donors (Lipinski definition) is 3. The second kappa shape index (κ2) is 8.79. The number of nitrogens with zero attached hydrogens (tertiary/aromatic N) is 3. The van der Waals surface area contributed by atoms with Crippen molar-refractivity contribution in [1.29, 1.82) is 0 Å². The van der Waals surface area contributed by atoms with E-state index >= 15 is 0 Å². The first-order chi connectivity index (χ1) is 16.5. The molecule has 5 rings (SSSR count). The number of nitrogens with one attached hydrogen (secondary N) is 1. The van der Waals surface area contributed by atoms with Crippen LogP contribution in [0.15, 0.2) is 48.5 Å². The van der Waals surface area contributed by atoms with E-state index in [-0.39, 0.29) is 11.9 Å². The first-order valence-corrected chi connectivity index (χ1v) is 11.3. The Morgan fingerprint density at radius 3 is 2.82 bits per heavy atom. The largest absolute Gasteiger partial charge is 0.508 e. The van der Waals surface area contributed by atoms with Gasteiger partial charge in [-0.25, -0.2) is 4.98 Å². The molecule has 1 atom stereocenters. The Kier molecular flexibility index (Phi) is 5.67. The van der Waals surface area contributed by atoms with Gasteiger partial charge in [0.2, 0.25) is 11.9 Å². The second-order valence-electron chi connectivity index (χ2n) is 8.60. The summed E-state index contributed by atoms with van der Waals surface area (Å²) in [5, 5.41) is 14.0. The van der Waals surface area contributed by atoms with E-state index in [0.29, 0.717) is 18.1 Å². The molecule has 2 heterocycles. The Morgan fingerprint density at radius 2 is 2.06 bits per heavy atom. The van der Waals surface area contributed by atoms with Crippen molar-refractivity contribution < 1.29 is 14.6 Å². The zero-order valence-corrected chi connectivity index (χ0v) is 19.2. The number of benzene rings is 2. The Bertz CT molecular complexity index is 1390. The number of phenolic OH excluding ortho intramolecular Hbond substituents is 1. The lowest BCUT2D eigenvalue weighted by Crippen LogP contribution is -2.20. The smallest absolute Gasteiger partial charge is 0.249 e. The fraction of sp³-hybridized carbons (Fsp3) is 0.269. The number of rotatable bonds is 6. The lowest BCUT2D eigenvalue weighted by atomic mass is 9.93. The summed E-state index contributed by atoms with van der Waals surface area (Å²) in [4.78, 5) is 21.9. The Balaban J connectivity index is 1.65. The van der Waals surface area contributed by atoms with Crippen molar-refractivity contribution >= 4 is 22.6 Å². The molecule has 0 radical (unpaired) electrons. The van der Waals surface area contributed by atoms with Gasteiger partial charge in [0.15, 0.2) is 0 Å². The molecule has 4 aromatic rings. The van der Waals surface area contributed by atoms with Crippen molar-refractivity contribution in [3.63, 3.8) is 0 Å². The van der Waals surface area contributed by atoms with Crippen LogP contribution in [0.4, 0.5) is 5.82 Å². The minimum absolute atomic E-state index is 0.116. The Hall–Kier alpha value is -3.91. The van der Waals surface area contributed by atoms with E-state index in [0.717, 1.165) is 58.5 Å². The van der Waals surface area contributed by atoms with Gasteiger partial charge in [-0.05, 0) is 62.1 Å². The molecule has 1 aliphatic rings. The molecule has 1 unspecified atom stereocenters. The Morgan fingerprint density at radius 1 is 1.24 bits per heavy atom. The molecule has 0 bridgehead atoms. The molecule has 1 amide bonds. The monoisotopic (exact) mass is 457 g/mol. The van der Waals surface area contributed by atoms with Crippen LogP contribution in [-0.4, -0.2) is 32.7 Å². The molecule has 2 aromatic heterocycles. The molecular formula is C26H27N5O3. The first-order valence-electron chi connectivity index (χ1n) is 11.3. The van der Waals surface area contributed by atoms with Crippen LogP contribution in [0.3, 0.4) is 0 Å². The van der Waals surface area contributed by atoms with E-state index in [1.807, 2.05) is 41.8 Å². The van der Waals surface area contributed by atoms with Crippen LogP contribution in [-0.2, 0) is 17.7 Å². The number of carbonyl (C=O) groups excluding carboxylic acids is 1. The number of carbonyl (C=O) groups is 1. The molecule has 4 N–H and O–H groups in total. The van der Waals surface area contributed by atoms with Crippen LogP contribution in [0.5, 0.6) is 5.75 Å². The van der Waals surface area contributed by atoms with Gasteiger partial charge < -0.3 is 20.9 Å². The zero-order chi connectivity index (χ0) is 23.8. The van der Waals surface area contributed by atoms with Gasteiger partial charge in [0, 0.05) is 35.9 Å². The fourth-order valence-electron chi connectivity index (χ4n) is 4.77. The maximum atomic E-state index is 12.0. The molecule has 8 nitrogen and oxygen atoms in total. The van der Waals surface area contributed by atoms with Crippen LogP contribution in [0.1, 0.15) is 51.8 Å². The third kappa shape index (κ3) is 3.86. The number of nitrogens with two attached hydrogens (primary N) is 1. The number of amides is 1. The summed E-state index contributed by atoms with van der Waals surface area (Å²) < 4.78 is 7.72. The predicted octanol–water partition coefficient (Wildman–Crippen LogP) is 4.17. The van der Waals surface area contributed by atoms with Gasteiger partial charge >= 0.3 is 0 Å². The van der Waals surface area contributed by atoms with Gasteiger partial charge in [-0.3, -0.25) is 9.36 Å². The van der Waals surface area contributed by atoms with Gasteiger partial charge in [-0.2, -0.15) is 4.98 Å². The van der Waals surface area contributed by atoms with Crippen LogP contribution in [0.2, 0.25) is 0 Å². The van der Waals surface area contributed by atoms with Crippen LogP contribution < -0.4 is 11.1 Å². The summed E-state index contributed by atoms with van der Waals surface area (Å²) in [6.07, 6.45) is 2.62. The highest BCUT2D eigenvalue weighted by molar-refractivity contribution is 6.06. The van der Waals surface area contributed by atoms with Crippen molar-refractivity contribution in [2.45, 2.75) is 38.8 Å². The van der Waals surface area contributed by atoms with Crippen molar-refractivity contribution in [2.24, 2.45) is 5.73 Å². The van der Waals surface area contributed by atoms with E-state index in [1.54, 1.807) is 25.3 Å². The molecular weight excluding hydrogens is 430 g/mol. The van der Waals surface area contributed by atoms with Crippen LogP contribution in [0, 0.1) is 6.92 Å². The molecule has 0 saturated heterocycles. The summed E-state index contributed by atoms with van der Waals surface area (Å²) in [6.45, 7) is 2.47. The molecule has 0 fully saturated rings. The highest BCUT2D eigenvalue weighted by Gasteiger charge is 2.27. The third-order valence-corrected chi connectivity index (χ3v) is 6.38. The summed E-state index contributed by atoms with van der Waals surface area (Å²) in [7, 11) is 1.71. The lowest BCUT2D eigenvalue weighted by molar-refractivity contribution is 0.0842. The maximum absolute atomic E-state index is 12.0. The van der Waals surface area contributed by atoms with Crippen LogP contribution >= 0.6 is 0 Å². The van der Waals surface area contributed by atoms with Crippen molar-refractivity contribution in [2.75, 3.05) is 12.4 Å². The number of aromatic nitrogens is 3. The molecule has 34 heavy (non-hydrogen) atoms. The number of methoxy groups -OCH3 is 1. The number of aromatic hydroxyl groups is 1. The van der Waals surface area contributed by atoms with E-state index in [2.05, 4.69) is 5.32 Å². The number of primary amides is 1. The lowest BCUT2D eigenvalue weighted by Gasteiger charge is -2.26. The van der Waals surface area contributed by atoms with E-state index in [4.69, 9.17) is 20.4 Å². The topological polar surface area (TPSA) is 115 Å². The highest BCUT2D eigenvalue weighted by atomic mass is 16.5. The SMILES string of the molecule is COC1CCCc2c(NCc3cccc(O)c3)nc(-n3c(C)cc4c(C(N)=O)cccc43)nc21. The number of fused-ring (bicyclic) bond motifs is 2. The maximum Gasteiger partial charge on any atom is 0.249 e. The predicted molar refractivity (Wildman–Crippen MR) is 130 cm³/mol. The quantitative estimate of drug-likeness (QED) is 0.400. The molecule has 8 heteroatoms. The van der Waals surface area contributed by atoms with Crippen LogP contribution in [0.25, 0.3) is 16.9 Å². The standard InChI is InChI=1S/C26H27N5O3/c1-15-12-20-18(24(27)33)8-4-10-21(20)31(15)26-29-23-19(9-5-11-22(23)34-2)25(30-26)28-14-16-6-3-7-17(32)13-16/h3-4,6-8,10,12-13,22,32H,5,9,11,14H2,1-2H3,(H2,27,33)(H,28,29,30). The number of aryl methyl sites for hydroxylation is 1. The molecule has 174 valence electrons. The number of phenols is 1. The molecule has 0 spiro atoms. The van der Waals surface area contributed by atoms with Gasteiger partial charge in [0.05, 0.1) is 17.3 Å². The second-order valence-corrected chi connectivity index (χ2v) is 8.60. The van der Waals surface area contributed by atoms with E-state index < -0.39 is 5.91 Å². The summed E-state index contributed by atoms with van der Waals surface area (Å²) >= 11 is 0. The minimum Gasteiger partial charge on any atom is -0.508 e. The summed E-state index contributed by atoms with van der Waals surface area (Å²) in [6, 6.07) is 14.6. The van der Waals surface area contributed by atoms with Gasteiger partial charge in [-0.15, -0.1) is 0 Å².